The van der Waals surface area contributed by atoms with Gasteiger partial charge in [-0.3, -0.25) is 5.10 Å². The number of H-pyrrole nitrogens is 1. The normalized spacial score (nSPS) is 16.8. The molecule has 0 saturated carbocycles. The number of ether oxygens (including phenoxy) is 1. The van der Waals surface area contributed by atoms with Gasteiger partial charge < -0.3 is 14.5 Å². The van der Waals surface area contributed by atoms with Gasteiger partial charge in [0.15, 0.2) is 5.82 Å². The number of pyridine rings is 1. The summed E-state index contributed by atoms with van der Waals surface area (Å²) in [6, 6.07) is 6.34. The average Bonchev–Trinajstić information content (AvgIpc) is 3.32. The minimum absolute atomic E-state index is 0.102. The third-order valence-electron chi connectivity index (χ3n) is 5.44. The monoisotopic (exact) mass is 424 g/mol. The topological polar surface area (TPSA) is 80.1 Å². The lowest BCUT2D eigenvalue weighted by Gasteiger charge is -2.24. The van der Waals surface area contributed by atoms with E-state index in [0.29, 0.717) is 36.7 Å². The Morgan fingerprint density at radius 3 is 2.65 bits per heavy atom. The molecule has 0 radical (unpaired) electrons. The minimum Gasteiger partial charge on any atom is -0.375 e. The van der Waals surface area contributed by atoms with Crippen LogP contribution in [-0.4, -0.2) is 50.4 Å². The van der Waals surface area contributed by atoms with Crippen LogP contribution < -0.4 is 5.32 Å². The second-order valence-corrected chi connectivity index (χ2v) is 7.80. The molecule has 31 heavy (non-hydrogen) atoms. The summed E-state index contributed by atoms with van der Waals surface area (Å²) in [7, 11) is 0. The number of rotatable bonds is 4. The summed E-state index contributed by atoms with van der Waals surface area (Å²) < 4.78 is 38.2. The van der Waals surface area contributed by atoms with Crippen LogP contribution in [0.25, 0.3) is 28.3 Å². The molecule has 0 spiro atoms. The number of imidazole rings is 1. The van der Waals surface area contributed by atoms with Crippen molar-refractivity contribution in [1.82, 2.24) is 29.9 Å². The van der Waals surface area contributed by atoms with E-state index in [4.69, 9.17) is 4.74 Å². The highest BCUT2D eigenvalue weighted by Crippen LogP contribution is 2.33. The lowest BCUT2D eigenvalue weighted by atomic mass is 10.0. The van der Waals surface area contributed by atoms with Crippen LogP contribution in [-0.2, 0) is 11.2 Å². The van der Waals surface area contributed by atoms with Crippen molar-refractivity contribution in [3.8, 4) is 22.6 Å². The van der Waals surface area contributed by atoms with Gasteiger partial charge >= 0.3 is 0 Å². The molecule has 0 bridgehead atoms. The van der Waals surface area contributed by atoms with Crippen LogP contribution in [0.3, 0.4) is 0 Å². The number of hydrogen-bond acceptors (Lipinski definition) is 5. The van der Waals surface area contributed by atoms with Crippen molar-refractivity contribution < 1.29 is 13.5 Å². The molecule has 4 heterocycles. The van der Waals surface area contributed by atoms with E-state index >= 15 is 8.78 Å². The molecule has 1 fully saturated rings. The van der Waals surface area contributed by atoms with Crippen LogP contribution in [0.15, 0.2) is 30.5 Å². The Hall–Kier alpha value is -3.17. The van der Waals surface area contributed by atoms with E-state index in [1.165, 1.54) is 12.1 Å². The molecule has 4 aromatic rings. The Bertz CT molecular complexity index is 1240. The van der Waals surface area contributed by atoms with Crippen molar-refractivity contribution in [1.29, 1.82) is 0 Å². The van der Waals surface area contributed by atoms with Crippen molar-refractivity contribution in [3.05, 3.63) is 59.2 Å². The average molecular weight is 424 g/mol. The van der Waals surface area contributed by atoms with E-state index in [9.17, 15) is 0 Å². The second-order valence-electron chi connectivity index (χ2n) is 7.80. The standard InChI is InChI=1S/C22H22F2N6O/c1-12-3-5-30-18(10-15-11-25-4-6-31-15)21(27-19(30)7-12)20-16(23)8-14(9-17(20)24)22-26-13(2)28-29-22/h3,5,7-9,15,25H,4,6,10-11H2,1-2H3,(H,26,28,29). The lowest BCUT2D eigenvalue weighted by molar-refractivity contribution is 0.0286. The number of benzene rings is 1. The molecule has 1 saturated heterocycles. The lowest BCUT2D eigenvalue weighted by Crippen LogP contribution is -2.39. The smallest absolute Gasteiger partial charge is 0.181 e. The van der Waals surface area contributed by atoms with Gasteiger partial charge in [-0.2, -0.15) is 5.10 Å². The van der Waals surface area contributed by atoms with Gasteiger partial charge in [0.25, 0.3) is 0 Å². The van der Waals surface area contributed by atoms with Crippen LogP contribution in [0.5, 0.6) is 0 Å². The zero-order chi connectivity index (χ0) is 21.5. The quantitative estimate of drug-likeness (QED) is 0.526. The molecule has 1 aliphatic heterocycles. The number of nitrogens with one attached hydrogen (secondary N) is 2. The number of aromatic amines is 1. The Kier molecular flexibility index (Phi) is 4.99. The molecule has 2 N–H and O–H groups in total. The van der Waals surface area contributed by atoms with E-state index in [1.807, 2.05) is 29.7 Å². The molecule has 3 aromatic heterocycles. The molecular weight excluding hydrogens is 402 g/mol. The molecule has 160 valence electrons. The summed E-state index contributed by atoms with van der Waals surface area (Å²) >= 11 is 0. The van der Waals surface area contributed by atoms with Crippen LogP contribution in [0, 0.1) is 25.5 Å². The summed E-state index contributed by atoms with van der Waals surface area (Å²) in [6.45, 7) is 5.75. The van der Waals surface area contributed by atoms with Gasteiger partial charge in [0.1, 0.15) is 23.1 Å². The van der Waals surface area contributed by atoms with Gasteiger partial charge in [0.2, 0.25) is 0 Å². The third-order valence-corrected chi connectivity index (χ3v) is 5.44. The first-order valence-electron chi connectivity index (χ1n) is 10.2. The predicted molar refractivity (Wildman–Crippen MR) is 112 cm³/mol. The van der Waals surface area contributed by atoms with E-state index in [2.05, 4.69) is 25.5 Å². The maximum absolute atomic E-state index is 15.3. The van der Waals surface area contributed by atoms with Gasteiger partial charge in [-0.05, 0) is 43.7 Å². The molecule has 1 unspecified atom stereocenters. The van der Waals surface area contributed by atoms with E-state index < -0.39 is 11.6 Å². The summed E-state index contributed by atoms with van der Waals surface area (Å²) in [4.78, 5) is 8.77. The molecule has 1 aromatic carbocycles. The van der Waals surface area contributed by atoms with Gasteiger partial charge in [0.05, 0.1) is 29.7 Å². The molecule has 5 rings (SSSR count). The zero-order valence-corrected chi connectivity index (χ0v) is 17.2. The van der Waals surface area contributed by atoms with E-state index in [-0.39, 0.29) is 28.7 Å². The van der Waals surface area contributed by atoms with E-state index in [0.717, 1.165) is 12.1 Å². The van der Waals surface area contributed by atoms with Gasteiger partial charge in [-0.1, -0.05) is 0 Å². The number of hydrogen-bond donors (Lipinski definition) is 2. The maximum atomic E-state index is 15.3. The van der Waals surface area contributed by atoms with Gasteiger partial charge in [0, 0.05) is 31.3 Å². The highest BCUT2D eigenvalue weighted by Gasteiger charge is 2.25. The number of aryl methyl sites for hydroxylation is 2. The Morgan fingerprint density at radius 2 is 1.97 bits per heavy atom. The van der Waals surface area contributed by atoms with Crippen LogP contribution in [0.4, 0.5) is 8.78 Å². The van der Waals surface area contributed by atoms with Crippen molar-refractivity contribution >= 4 is 5.65 Å². The van der Waals surface area contributed by atoms with Crippen LogP contribution in [0.2, 0.25) is 0 Å². The van der Waals surface area contributed by atoms with Crippen LogP contribution in [0.1, 0.15) is 17.1 Å². The van der Waals surface area contributed by atoms with Crippen LogP contribution >= 0.6 is 0 Å². The largest absolute Gasteiger partial charge is 0.375 e. The fourth-order valence-electron chi connectivity index (χ4n) is 3.96. The number of fused-ring (bicyclic) bond motifs is 1. The number of morpholine rings is 1. The fraction of sp³-hybridized carbons (Fsp3) is 0.318. The highest BCUT2D eigenvalue weighted by molar-refractivity contribution is 5.71. The molecule has 0 aliphatic carbocycles. The van der Waals surface area contributed by atoms with Crippen molar-refractivity contribution in [2.45, 2.75) is 26.4 Å². The summed E-state index contributed by atoms with van der Waals surface area (Å²) in [5.74, 6) is -0.601. The Labute approximate surface area is 177 Å². The number of nitrogens with zero attached hydrogens (tertiary/aromatic N) is 4. The molecule has 1 atom stereocenters. The Balaban J connectivity index is 1.64. The molecule has 0 amide bonds. The fourth-order valence-corrected chi connectivity index (χ4v) is 3.96. The summed E-state index contributed by atoms with van der Waals surface area (Å²) in [6.07, 6.45) is 2.26. The number of aromatic nitrogens is 5. The van der Waals surface area contributed by atoms with Gasteiger partial charge in [-0.25, -0.2) is 18.7 Å². The van der Waals surface area contributed by atoms with Crippen molar-refractivity contribution in [2.75, 3.05) is 19.7 Å². The maximum Gasteiger partial charge on any atom is 0.181 e. The first-order valence-corrected chi connectivity index (χ1v) is 10.2. The Morgan fingerprint density at radius 1 is 1.16 bits per heavy atom. The first-order chi connectivity index (χ1) is 15.0. The van der Waals surface area contributed by atoms with Crippen molar-refractivity contribution in [2.24, 2.45) is 0 Å². The summed E-state index contributed by atoms with van der Waals surface area (Å²) in [5, 5.41) is 9.98. The zero-order valence-electron chi connectivity index (χ0n) is 17.2. The first kappa shape index (κ1) is 19.8. The minimum atomic E-state index is -0.707. The molecular formula is C22H22F2N6O. The number of halogens is 2. The predicted octanol–water partition coefficient (Wildman–Crippen LogP) is 3.21. The van der Waals surface area contributed by atoms with Gasteiger partial charge in [-0.15, -0.1) is 0 Å². The SMILES string of the molecule is Cc1ccn2c(CC3CNCCO3)c(-c3c(F)cc(-c4n[nH]c(C)n4)cc3F)nc2c1. The third kappa shape index (κ3) is 3.70. The summed E-state index contributed by atoms with van der Waals surface area (Å²) in [5.41, 5.74) is 2.76. The van der Waals surface area contributed by atoms with E-state index in [1.54, 1.807) is 6.92 Å². The van der Waals surface area contributed by atoms with Crippen molar-refractivity contribution in [3.63, 3.8) is 0 Å². The molecule has 7 nitrogen and oxygen atoms in total. The molecule has 9 heteroatoms. The second kappa shape index (κ2) is 7.82. The molecule has 1 aliphatic rings. The highest BCUT2D eigenvalue weighted by atomic mass is 19.1.